The normalized spacial score (nSPS) is 8.78. The zero-order chi connectivity index (χ0) is 18.7. The van der Waals surface area contributed by atoms with Crippen molar-refractivity contribution in [3.8, 4) is 0 Å². The highest BCUT2D eigenvalue weighted by Gasteiger charge is 2.10. The number of aliphatic hydroxyl groups is 1. The maximum absolute atomic E-state index is 10.9. The minimum atomic E-state index is 0.343. The summed E-state index contributed by atoms with van der Waals surface area (Å²) in [5, 5.41) is 7.00. The summed E-state index contributed by atoms with van der Waals surface area (Å²) in [7, 11) is 2.50. The number of benzene rings is 1. The highest BCUT2D eigenvalue weighted by Crippen LogP contribution is 2.13. The van der Waals surface area contributed by atoms with Crippen molar-refractivity contribution in [3.63, 3.8) is 0 Å². The third-order valence-corrected chi connectivity index (χ3v) is 3.38. The molecule has 0 saturated carbocycles. The van der Waals surface area contributed by atoms with Crippen LogP contribution in [0.2, 0.25) is 0 Å². The fourth-order valence-corrected chi connectivity index (χ4v) is 2.07. The number of Topliss-reactive ketones (excluding diaryl/α,β-unsaturated/α-hetero) is 1. The summed E-state index contributed by atoms with van der Waals surface area (Å²) < 4.78 is 0. The van der Waals surface area contributed by atoms with E-state index >= 15 is 0 Å². The van der Waals surface area contributed by atoms with Gasteiger partial charge in [0.25, 0.3) is 0 Å². The van der Waals surface area contributed by atoms with Gasteiger partial charge in [0.1, 0.15) is 5.78 Å². The Morgan fingerprint density at radius 2 is 1.39 bits per heavy atom. The van der Waals surface area contributed by atoms with Crippen LogP contribution in [0.4, 0.5) is 0 Å². The lowest BCUT2D eigenvalue weighted by molar-refractivity contribution is -0.121. The van der Waals surface area contributed by atoms with Gasteiger partial charge in [-0.05, 0) is 45.7 Å². The molecule has 0 heterocycles. The number of hydrogen-bond donors (Lipinski definition) is 2. The number of carbonyl (C=O) groups excluding carboxylic acids is 1. The van der Waals surface area contributed by atoms with Gasteiger partial charge in [-0.25, -0.2) is 0 Å². The predicted octanol–water partition coefficient (Wildman–Crippen LogP) is 4.53. The van der Waals surface area contributed by atoms with Crippen LogP contribution in [0.15, 0.2) is 24.3 Å². The summed E-state index contributed by atoms with van der Waals surface area (Å²) in [5.41, 5.74) is 7.26. The quantitative estimate of drug-likeness (QED) is 0.807. The van der Waals surface area contributed by atoms with Crippen molar-refractivity contribution in [2.24, 2.45) is 11.7 Å². The van der Waals surface area contributed by atoms with Crippen LogP contribution >= 0.6 is 0 Å². The Balaban J connectivity index is -0.000000286. The molecule has 0 aliphatic carbocycles. The lowest BCUT2D eigenvalue weighted by Crippen LogP contribution is -2.09. The average Bonchev–Trinajstić information content (AvgIpc) is 2.59. The molecule has 0 unspecified atom stereocenters. The highest BCUT2D eigenvalue weighted by atomic mass is 16.2. The number of nitrogens with two attached hydrogens (primary N) is 1. The Labute approximate surface area is 144 Å². The van der Waals surface area contributed by atoms with Gasteiger partial charge in [-0.1, -0.05) is 63.4 Å². The van der Waals surface area contributed by atoms with Gasteiger partial charge in [0.2, 0.25) is 0 Å². The number of aliphatic hydroxyl groups excluding tert-OH is 1. The molecule has 0 aromatic heterocycles. The minimum absolute atomic E-state index is 0.343. The maximum atomic E-state index is 10.9. The molecule has 0 aliphatic rings. The molecule has 0 atom stereocenters. The smallest absolute Gasteiger partial charge is 0.132 e. The Kier molecular flexibility index (Phi) is 24.2. The lowest BCUT2D eigenvalue weighted by atomic mass is 9.95. The zero-order valence-electron chi connectivity index (χ0n) is 16.4. The third kappa shape index (κ3) is 17.0. The molecule has 0 saturated heterocycles. The standard InChI is InChI=1S/C9H18O.C9H12.CH5N.CH4O/c1-4-6-9(7-5-2)8(3)10;1-3-9-6-4-8(2)5-7-9;2*1-2/h9H,4-7H2,1-3H3;4-7H,3H2,1-2H3;2H2,1H3;2H,1H3. The fraction of sp³-hybridized carbons (Fsp3) is 0.650. The minimum Gasteiger partial charge on any atom is -0.400 e. The van der Waals surface area contributed by atoms with Crippen molar-refractivity contribution < 1.29 is 9.90 Å². The monoisotopic (exact) mass is 325 g/mol. The van der Waals surface area contributed by atoms with Crippen molar-refractivity contribution in [1.29, 1.82) is 0 Å². The Hall–Kier alpha value is -1.19. The molecule has 3 nitrogen and oxygen atoms in total. The van der Waals surface area contributed by atoms with Gasteiger partial charge in [-0.2, -0.15) is 0 Å². The number of ketones is 1. The van der Waals surface area contributed by atoms with Crippen molar-refractivity contribution in [2.75, 3.05) is 14.2 Å². The molecule has 0 bridgehead atoms. The van der Waals surface area contributed by atoms with E-state index in [1.807, 2.05) is 0 Å². The van der Waals surface area contributed by atoms with E-state index < -0.39 is 0 Å². The van der Waals surface area contributed by atoms with Gasteiger partial charge >= 0.3 is 0 Å². The van der Waals surface area contributed by atoms with Gasteiger partial charge in [0.05, 0.1) is 0 Å². The molecular formula is C20H39NO2. The summed E-state index contributed by atoms with van der Waals surface area (Å²) in [6.45, 7) is 10.2. The largest absolute Gasteiger partial charge is 0.400 e. The molecule has 136 valence electrons. The Bertz CT molecular complexity index is 341. The topological polar surface area (TPSA) is 63.3 Å². The first-order chi connectivity index (χ1) is 11.0. The number of carbonyl (C=O) groups is 1. The summed E-state index contributed by atoms with van der Waals surface area (Å²) >= 11 is 0. The van der Waals surface area contributed by atoms with Crippen LogP contribution in [0.1, 0.15) is 64.5 Å². The fourth-order valence-electron chi connectivity index (χ4n) is 2.07. The molecule has 0 spiro atoms. The molecular weight excluding hydrogens is 286 g/mol. The third-order valence-electron chi connectivity index (χ3n) is 3.38. The molecule has 0 fully saturated rings. The molecule has 3 heteroatoms. The first-order valence-electron chi connectivity index (χ1n) is 8.63. The van der Waals surface area contributed by atoms with Crippen molar-refractivity contribution in [2.45, 2.75) is 66.7 Å². The Morgan fingerprint density at radius 1 is 1.00 bits per heavy atom. The molecule has 1 rings (SSSR count). The molecule has 0 aliphatic heterocycles. The van der Waals surface area contributed by atoms with E-state index in [4.69, 9.17) is 5.11 Å². The van der Waals surface area contributed by atoms with E-state index in [1.165, 1.54) is 18.2 Å². The molecule has 23 heavy (non-hydrogen) atoms. The second-order valence-electron chi connectivity index (χ2n) is 5.22. The predicted molar refractivity (Wildman–Crippen MR) is 103 cm³/mol. The number of rotatable bonds is 6. The van der Waals surface area contributed by atoms with Crippen LogP contribution < -0.4 is 5.73 Å². The first kappa shape index (κ1) is 26.7. The van der Waals surface area contributed by atoms with Gasteiger partial charge < -0.3 is 10.8 Å². The van der Waals surface area contributed by atoms with Gasteiger partial charge in [-0.3, -0.25) is 4.79 Å². The molecule has 1 aromatic rings. The summed E-state index contributed by atoms with van der Waals surface area (Å²) in [4.78, 5) is 10.9. The van der Waals surface area contributed by atoms with Gasteiger partial charge in [0.15, 0.2) is 0 Å². The van der Waals surface area contributed by atoms with Crippen molar-refractivity contribution in [3.05, 3.63) is 35.4 Å². The number of aryl methyl sites for hydroxylation is 2. The molecule has 0 amide bonds. The summed E-state index contributed by atoms with van der Waals surface area (Å²) in [6.07, 6.45) is 5.54. The van der Waals surface area contributed by atoms with E-state index in [9.17, 15) is 4.79 Å². The zero-order valence-corrected chi connectivity index (χ0v) is 16.4. The highest BCUT2D eigenvalue weighted by molar-refractivity contribution is 5.78. The Morgan fingerprint density at radius 3 is 1.65 bits per heavy atom. The van der Waals surface area contributed by atoms with E-state index in [1.54, 1.807) is 6.92 Å². The van der Waals surface area contributed by atoms with Crippen molar-refractivity contribution in [1.82, 2.24) is 0 Å². The molecule has 1 aromatic carbocycles. The van der Waals surface area contributed by atoms with Gasteiger partial charge in [-0.15, -0.1) is 0 Å². The SMILES string of the molecule is CCCC(CCC)C(C)=O.CCc1ccc(C)cc1.CN.CO. The second-order valence-corrected chi connectivity index (χ2v) is 5.22. The molecule has 3 N–H and O–H groups in total. The average molecular weight is 326 g/mol. The van der Waals surface area contributed by atoms with Crippen LogP contribution in [-0.4, -0.2) is 25.0 Å². The van der Waals surface area contributed by atoms with Crippen LogP contribution in [0.3, 0.4) is 0 Å². The van der Waals surface area contributed by atoms with Crippen LogP contribution in [0.25, 0.3) is 0 Å². The van der Waals surface area contributed by atoms with Gasteiger partial charge in [0, 0.05) is 13.0 Å². The lowest BCUT2D eigenvalue weighted by Gasteiger charge is -2.09. The van der Waals surface area contributed by atoms with Crippen LogP contribution in [0, 0.1) is 12.8 Å². The maximum Gasteiger partial charge on any atom is 0.132 e. The summed E-state index contributed by atoms with van der Waals surface area (Å²) in [6, 6.07) is 8.66. The summed E-state index contributed by atoms with van der Waals surface area (Å²) in [5.74, 6) is 0.707. The van der Waals surface area contributed by atoms with Crippen LogP contribution in [-0.2, 0) is 11.2 Å². The second kappa shape index (κ2) is 20.8. The van der Waals surface area contributed by atoms with E-state index in [0.29, 0.717) is 11.7 Å². The molecule has 0 radical (unpaired) electrons. The van der Waals surface area contributed by atoms with Crippen LogP contribution in [0.5, 0.6) is 0 Å². The van der Waals surface area contributed by atoms with E-state index in [2.05, 4.69) is 57.7 Å². The first-order valence-corrected chi connectivity index (χ1v) is 8.63. The van der Waals surface area contributed by atoms with E-state index in [0.717, 1.165) is 39.2 Å². The van der Waals surface area contributed by atoms with Crippen molar-refractivity contribution >= 4 is 5.78 Å². The van der Waals surface area contributed by atoms with E-state index in [-0.39, 0.29) is 0 Å². The number of hydrogen-bond acceptors (Lipinski definition) is 3.